The van der Waals surface area contributed by atoms with Crippen LogP contribution in [0.4, 0.5) is 11.4 Å². The number of non-ortho nitro benzene ring substituents is 1. The fourth-order valence-corrected chi connectivity index (χ4v) is 2.31. The van der Waals surface area contributed by atoms with E-state index in [-0.39, 0.29) is 11.6 Å². The number of ether oxygens (including phenoxy) is 1. The lowest BCUT2D eigenvalue weighted by atomic mass is 10.1. The number of nitrogens with zero attached hydrogens (tertiary/aromatic N) is 1. The summed E-state index contributed by atoms with van der Waals surface area (Å²) >= 11 is 1.54. The summed E-state index contributed by atoms with van der Waals surface area (Å²) in [7, 11) is 1.49. The molecule has 0 atom stereocenters. The summed E-state index contributed by atoms with van der Waals surface area (Å²) < 4.78 is 5.23. The van der Waals surface area contributed by atoms with Crippen molar-refractivity contribution in [3.05, 3.63) is 58.1 Å². The highest BCUT2D eigenvalue weighted by atomic mass is 32.2. The maximum atomic E-state index is 12.3. The minimum absolute atomic E-state index is 0.0810. The van der Waals surface area contributed by atoms with Gasteiger partial charge in [-0.25, -0.2) is 0 Å². The Bertz CT molecular complexity index is 718. The van der Waals surface area contributed by atoms with Crippen molar-refractivity contribution >= 4 is 29.0 Å². The molecule has 22 heavy (non-hydrogen) atoms. The molecule has 0 aliphatic rings. The smallest absolute Gasteiger partial charge is 0.271 e. The summed E-state index contributed by atoms with van der Waals surface area (Å²) in [5.74, 6) is 0.0692. The van der Waals surface area contributed by atoms with Crippen molar-refractivity contribution in [2.45, 2.75) is 4.90 Å². The second kappa shape index (κ2) is 6.95. The zero-order chi connectivity index (χ0) is 16.1. The molecule has 0 radical (unpaired) electrons. The number of thioether (sulfide) groups is 1. The average Bonchev–Trinajstić information content (AvgIpc) is 2.54. The first-order valence-electron chi connectivity index (χ1n) is 6.33. The van der Waals surface area contributed by atoms with Crippen LogP contribution < -0.4 is 10.1 Å². The number of methoxy groups -OCH3 is 1. The molecule has 0 saturated carbocycles. The Morgan fingerprint density at radius 3 is 2.68 bits per heavy atom. The highest BCUT2D eigenvalue weighted by Crippen LogP contribution is 2.26. The quantitative estimate of drug-likeness (QED) is 0.518. The van der Waals surface area contributed by atoms with Gasteiger partial charge in [-0.2, -0.15) is 0 Å². The molecule has 0 unspecified atom stereocenters. The van der Waals surface area contributed by atoms with Crippen LogP contribution in [0.2, 0.25) is 0 Å². The van der Waals surface area contributed by atoms with Gasteiger partial charge in [-0.1, -0.05) is 6.07 Å². The first-order valence-corrected chi connectivity index (χ1v) is 7.55. The van der Waals surface area contributed by atoms with Gasteiger partial charge in [0.15, 0.2) is 0 Å². The number of benzene rings is 2. The lowest BCUT2D eigenvalue weighted by Gasteiger charge is -2.10. The van der Waals surface area contributed by atoms with Crippen molar-refractivity contribution in [3.8, 4) is 5.75 Å². The van der Waals surface area contributed by atoms with E-state index < -0.39 is 4.92 Å². The number of hydrogen-bond acceptors (Lipinski definition) is 5. The SMILES string of the molecule is COc1cc(SC)ccc1C(=O)Nc1cccc([N+](=O)[O-])c1. The molecule has 0 saturated heterocycles. The van der Waals surface area contributed by atoms with Gasteiger partial charge >= 0.3 is 0 Å². The summed E-state index contributed by atoms with van der Waals surface area (Å²) in [4.78, 5) is 23.5. The molecule has 1 amide bonds. The Morgan fingerprint density at radius 1 is 1.27 bits per heavy atom. The van der Waals surface area contributed by atoms with Crippen LogP contribution in [-0.2, 0) is 0 Å². The van der Waals surface area contributed by atoms with Crippen LogP contribution in [0.3, 0.4) is 0 Å². The summed E-state index contributed by atoms with van der Waals surface area (Å²) in [6, 6.07) is 11.0. The topological polar surface area (TPSA) is 81.5 Å². The van der Waals surface area contributed by atoms with E-state index in [2.05, 4.69) is 5.32 Å². The van der Waals surface area contributed by atoms with Crippen molar-refractivity contribution in [2.75, 3.05) is 18.7 Å². The molecular formula is C15H14N2O4S. The van der Waals surface area contributed by atoms with Gasteiger partial charge in [0, 0.05) is 22.7 Å². The zero-order valence-corrected chi connectivity index (χ0v) is 12.8. The van der Waals surface area contributed by atoms with E-state index in [9.17, 15) is 14.9 Å². The van der Waals surface area contributed by atoms with E-state index in [1.165, 1.54) is 25.3 Å². The van der Waals surface area contributed by atoms with E-state index in [4.69, 9.17) is 4.74 Å². The van der Waals surface area contributed by atoms with Crippen molar-refractivity contribution < 1.29 is 14.5 Å². The van der Waals surface area contributed by atoms with Crippen molar-refractivity contribution in [1.29, 1.82) is 0 Å². The number of nitro groups is 1. The molecule has 114 valence electrons. The summed E-state index contributed by atoms with van der Waals surface area (Å²) in [5.41, 5.74) is 0.643. The van der Waals surface area contributed by atoms with Gasteiger partial charge in [-0.05, 0) is 30.5 Å². The van der Waals surface area contributed by atoms with Gasteiger partial charge in [-0.15, -0.1) is 11.8 Å². The summed E-state index contributed by atoms with van der Waals surface area (Å²) in [6.45, 7) is 0. The van der Waals surface area contributed by atoms with Crippen LogP contribution in [0.1, 0.15) is 10.4 Å². The maximum absolute atomic E-state index is 12.3. The summed E-state index contributed by atoms with van der Waals surface area (Å²) in [6.07, 6.45) is 1.93. The van der Waals surface area contributed by atoms with Crippen LogP contribution in [0, 0.1) is 10.1 Å². The molecule has 7 heteroatoms. The third-order valence-corrected chi connectivity index (χ3v) is 3.69. The first kappa shape index (κ1) is 15.8. The predicted molar refractivity (Wildman–Crippen MR) is 85.8 cm³/mol. The molecule has 0 aliphatic carbocycles. The number of amides is 1. The van der Waals surface area contributed by atoms with E-state index in [0.717, 1.165) is 4.90 Å². The molecule has 2 aromatic carbocycles. The first-order chi connectivity index (χ1) is 10.5. The van der Waals surface area contributed by atoms with E-state index in [0.29, 0.717) is 17.0 Å². The Balaban J connectivity index is 2.25. The minimum atomic E-state index is -0.510. The van der Waals surface area contributed by atoms with E-state index >= 15 is 0 Å². The molecule has 0 aliphatic heterocycles. The van der Waals surface area contributed by atoms with Crippen LogP contribution in [0.5, 0.6) is 5.75 Å². The van der Waals surface area contributed by atoms with Gasteiger partial charge in [0.1, 0.15) is 5.75 Å². The van der Waals surface area contributed by atoms with E-state index in [1.807, 2.05) is 12.3 Å². The molecular weight excluding hydrogens is 304 g/mol. The molecule has 0 heterocycles. The second-order valence-electron chi connectivity index (χ2n) is 4.33. The number of rotatable bonds is 5. The standard InChI is InChI=1S/C15H14N2O4S/c1-21-14-9-12(22-2)6-7-13(14)15(18)16-10-4-3-5-11(8-10)17(19)20/h3-9H,1-2H3,(H,16,18). The van der Waals surface area contributed by atoms with Crippen LogP contribution >= 0.6 is 11.8 Å². The van der Waals surface area contributed by atoms with Gasteiger partial charge < -0.3 is 10.1 Å². The number of anilines is 1. The third kappa shape index (κ3) is 3.56. The minimum Gasteiger partial charge on any atom is -0.496 e. The summed E-state index contributed by atoms with van der Waals surface area (Å²) in [5, 5.41) is 13.4. The third-order valence-electron chi connectivity index (χ3n) is 2.97. The van der Waals surface area contributed by atoms with Gasteiger partial charge in [0.05, 0.1) is 17.6 Å². The van der Waals surface area contributed by atoms with Gasteiger partial charge in [-0.3, -0.25) is 14.9 Å². The molecule has 6 nitrogen and oxygen atoms in total. The number of carbonyl (C=O) groups is 1. The number of carbonyl (C=O) groups excluding carboxylic acids is 1. The molecule has 0 bridgehead atoms. The molecule has 2 rings (SSSR count). The normalized spacial score (nSPS) is 10.1. The fourth-order valence-electron chi connectivity index (χ4n) is 1.88. The van der Waals surface area contributed by atoms with Crippen LogP contribution in [-0.4, -0.2) is 24.2 Å². The van der Waals surface area contributed by atoms with Gasteiger partial charge in [0.25, 0.3) is 11.6 Å². The molecule has 2 aromatic rings. The highest BCUT2D eigenvalue weighted by molar-refractivity contribution is 7.98. The van der Waals surface area contributed by atoms with Crippen LogP contribution in [0.25, 0.3) is 0 Å². The highest BCUT2D eigenvalue weighted by Gasteiger charge is 2.14. The van der Waals surface area contributed by atoms with Crippen LogP contribution in [0.15, 0.2) is 47.4 Å². The fraction of sp³-hybridized carbons (Fsp3) is 0.133. The monoisotopic (exact) mass is 318 g/mol. The average molecular weight is 318 g/mol. The molecule has 0 fully saturated rings. The van der Waals surface area contributed by atoms with Crippen molar-refractivity contribution in [2.24, 2.45) is 0 Å². The molecule has 0 spiro atoms. The lowest BCUT2D eigenvalue weighted by molar-refractivity contribution is -0.384. The van der Waals surface area contributed by atoms with E-state index in [1.54, 1.807) is 30.0 Å². The van der Waals surface area contributed by atoms with Crippen molar-refractivity contribution in [1.82, 2.24) is 0 Å². The van der Waals surface area contributed by atoms with Gasteiger partial charge in [0.2, 0.25) is 0 Å². The second-order valence-corrected chi connectivity index (χ2v) is 5.21. The Labute approximate surface area is 131 Å². The number of nitrogens with one attached hydrogen (secondary N) is 1. The molecule has 1 N–H and O–H groups in total. The predicted octanol–water partition coefficient (Wildman–Crippen LogP) is 3.58. The number of nitro benzene ring substituents is 1. The van der Waals surface area contributed by atoms with Crippen molar-refractivity contribution in [3.63, 3.8) is 0 Å². The molecule has 0 aromatic heterocycles. The largest absolute Gasteiger partial charge is 0.496 e. The maximum Gasteiger partial charge on any atom is 0.271 e. The Hall–Kier alpha value is -2.54. The lowest BCUT2D eigenvalue weighted by Crippen LogP contribution is -2.13. The Kier molecular flexibility index (Phi) is 5.00. The number of hydrogen-bond donors (Lipinski definition) is 1. The zero-order valence-electron chi connectivity index (χ0n) is 12.0. The Morgan fingerprint density at radius 2 is 2.05 bits per heavy atom.